The molecule has 0 unspecified atom stereocenters. The van der Waals surface area contributed by atoms with E-state index in [1.165, 1.54) is 6.07 Å². The van der Waals surface area contributed by atoms with Crippen LogP contribution in [0.2, 0.25) is 15.1 Å². The van der Waals surface area contributed by atoms with Crippen LogP contribution in [-0.4, -0.2) is 0 Å². The molecule has 0 amide bonds. The van der Waals surface area contributed by atoms with Gasteiger partial charge in [0.15, 0.2) is 0 Å². The molecular formula is C7H3Cl5. The molecular weight excluding hydrogens is 261 g/mol. The third-order valence-electron chi connectivity index (χ3n) is 1.27. The first-order valence-corrected chi connectivity index (χ1v) is 4.95. The van der Waals surface area contributed by atoms with Crippen molar-refractivity contribution in [2.45, 2.75) is 4.84 Å². The van der Waals surface area contributed by atoms with Gasteiger partial charge in [0.25, 0.3) is 0 Å². The number of rotatable bonds is 1. The standard InChI is InChI=1S/C7H3Cl5/c8-4-2-6(10)5(9)1-3(4)7(11)12/h1-2,7H. The Labute approximate surface area is 95.3 Å². The van der Waals surface area contributed by atoms with E-state index in [4.69, 9.17) is 58.0 Å². The number of hydrogen-bond donors (Lipinski definition) is 0. The Balaban J connectivity index is 3.23. The van der Waals surface area contributed by atoms with Gasteiger partial charge in [0.05, 0.1) is 10.0 Å². The predicted molar refractivity (Wildman–Crippen MR) is 55.9 cm³/mol. The Kier molecular flexibility index (Phi) is 3.81. The third kappa shape index (κ3) is 2.34. The molecule has 0 radical (unpaired) electrons. The summed E-state index contributed by atoms with van der Waals surface area (Å²) >= 11 is 28.4. The molecule has 0 saturated carbocycles. The van der Waals surface area contributed by atoms with Gasteiger partial charge >= 0.3 is 0 Å². The van der Waals surface area contributed by atoms with E-state index in [-0.39, 0.29) is 0 Å². The first-order valence-electron chi connectivity index (χ1n) is 2.95. The third-order valence-corrected chi connectivity index (χ3v) is 2.79. The highest BCUT2D eigenvalue weighted by atomic mass is 35.5. The van der Waals surface area contributed by atoms with Gasteiger partial charge in [-0.1, -0.05) is 34.8 Å². The summed E-state index contributed by atoms with van der Waals surface area (Å²) in [7, 11) is 0. The van der Waals surface area contributed by atoms with Gasteiger partial charge in [0.2, 0.25) is 0 Å². The number of halogens is 5. The largest absolute Gasteiger partial charge is 0.134 e. The van der Waals surface area contributed by atoms with Crippen molar-refractivity contribution in [3.8, 4) is 0 Å². The van der Waals surface area contributed by atoms with Crippen LogP contribution in [0, 0.1) is 0 Å². The minimum atomic E-state index is -0.688. The van der Waals surface area contributed by atoms with E-state index in [0.29, 0.717) is 20.6 Å². The summed E-state index contributed by atoms with van der Waals surface area (Å²) < 4.78 is 0. The van der Waals surface area contributed by atoms with Crippen molar-refractivity contribution in [1.29, 1.82) is 0 Å². The average Bonchev–Trinajstić information content (AvgIpc) is 1.96. The molecule has 0 spiro atoms. The van der Waals surface area contributed by atoms with Gasteiger partial charge in [0.1, 0.15) is 4.84 Å². The Morgan fingerprint density at radius 1 is 0.833 bits per heavy atom. The zero-order valence-electron chi connectivity index (χ0n) is 5.62. The molecule has 0 aliphatic rings. The van der Waals surface area contributed by atoms with Crippen molar-refractivity contribution < 1.29 is 0 Å². The molecule has 1 aromatic carbocycles. The minimum absolute atomic E-state index is 0.388. The van der Waals surface area contributed by atoms with E-state index in [1.54, 1.807) is 6.07 Å². The average molecular weight is 264 g/mol. The van der Waals surface area contributed by atoms with E-state index in [9.17, 15) is 0 Å². The molecule has 1 rings (SSSR count). The summed E-state index contributed by atoms with van der Waals surface area (Å²) in [5.41, 5.74) is 0.564. The van der Waals surface area contributed by atoms with Crippen LogP contribution in [0.15, 0.2) is 12.1 Å². The lowest BCUT2D eigenvalue weighted by atomic mass is 10.2. The monoisotopic (exact) mass is 262 g/mol. The van der Waals surface area contributed by atoms with Crippen LogP contribution in [0.1, 0.15) is 10.4 Å². The SMILES string of the molecule is Clc1cc(Cl)c(C(Cl)Cl)cc1Cl. The molecule has 0 aliphatic carbocycles. The molecule has 5 heteroatoms. The summed E-state index contributed by atoms with van der Waals surface area (Å²) in [5, 5.41) is 1.20. The summed E-state index contributed by atoms with van der Waals surface area (Å²) in [6.07, 6.45) is 0. The molecule has 1 aromatic rings. The Morgan fingerprint density at radius 2 is 1.33 bits per heavy atom. The summed E-state index contributed by atoms with van der Waals surface area (Å²) in [6.45, 7) is 0. The fraction of sp³-hybridized carbons (Fsp3) is 0.143. The second kappa shape index (κ2) is 4.26. The van der Waals surface area contributed by atoms with Gasteiger partial charge in [0, 0.05) is 10.6 Å². The maximum absolute atomic E-state index is 5.78. The second-order valence-corrected chi connectivity index (χ2v) is 4.41. The molecule has 0 aliphatic heterocycles. The zero-order chi connectivity index (χ0) is 9.30. The van der Waals surface area contributed by atoms with Gasteiger partial charge in [-0.25, -0.2) is 0 Å². The zero-order valence-corrected chi connectivity index (χ0v) is 9.40. The fourth-order valence-corrected chi connectivity index (χ4v) is 1.84. The number of alkyl halides is 2. The van der Waals surface area contributed by atoms with Gasteiger partial charge in [-0.05, 0) is 12.1 Å². The van der Waals surface area contributed by atoms with E-state index in [2.05, 4.69) is 0 Å². The van der Waals surface area contributed by atoms with Crippen molar-refractivity contribution in [2.24, 2.45) is 0 Å². The van der Waals surface area contributed by atoms with E-state index in [1.807, 2.05) is 0 Å². The lowest BCUT2D eigenvalue weighted by Gasteiger charge is -2.05. The minimum Gasteiger partial charge on any atom is -0.100 e. The van der Waals surface area contributed by atoms with Gasteiger partial charge in [-0.15, -0.1) is 23.2 Å². The lowest BCUT2D eigenvalue weighted by Crippen LogP contribution is -1.84. The van der Waals surface area contributed by atoms with Gasteiger partial charge in [-0.3, -0.25) is 0 Å². The first kappa shape index (κ1) is 10.7. The quantitative estimate of drug-likeness (QED) is 0.487. The molecule has 66 valence electrons. The van der Waals surface area contributed by atoms with Crippen molar-refractivity contribution in [2.75, 3.05) is 0 Å². The van der Waals surface area contributed by atoms with Crippen molar-refractivity contribution >= 4 is 58.0 Å². The molecule has 0 bridgehead atoms. The molecule has 0 aromatic heterocycles. The topological polar surface area (TPSA) is 0 Å². The fourth-order valence-electron chi connectivity index (χ4n) is 0.705. The van der Waals surface area contributed by atoms with Crippen LogP contribution in [0.4, 0.5) is 0 Å². The van der Waals surface area contributed by atoms with Crippen LogP contribution >= 0.6 is 58.0 Å². The number of hydrogen-bond acceptors (Lipinski definition) is 0. The summed E-state index contributed by atoms with van der Waals surface area (Å²) in [6, 6.07) is 3.06. The molecule has 0 nitrogen and oxygen atoms in total. The molecule has 0 heterocycles. The molecule has 0 N–H and O–H groups in total. The molecule has 12 heavy (non-hydrogen) atoms. The highest BCUT2D eigenvalue weighted by Crippen LogP contribution is 2.36. The van der Waals surface area contributed by atoms with Crippen LogP contribution in [-0.2, 0) is 0 Å². The molecule has 0 fully saturated rings. The van der Waals surface area contributed by atoms with Crippen molar-refractivity contribution in [3.05, 3.63) is 32.8 Å². The van der Waals surface area contributed by atoms with Gasteiger partial charge in [-0.2, -0.15) is 0 Å². The molecule has 0 atom stereocenters. The Morgan fingerprint density at radius 3 is 1.83 bits per heavy atom. The van der Waals surface area contributed by atoms with Gasteiger partial charge < -0.3 is 0 Å². The summed E-state index contributed by atoms with van der Waals surface area (Å²) in [5.74, 6) is 0. The number of benzene rings is 1. The maximum Gasteiger partial charge on any atom is 0.134 e. The van der Waals surface area contributed by atoms with Crippen LogP contribution < -0.4 is 0 Å². The van der Waals surface area contributed by atoms with Crippen LogP contribution in [0.25, 0.3) is 0 Å². The van der Waals surface area contributed by atoms with E-state index >= 15 is 0 Å². The smallest absolute Gasteiger partial charge is 0.100 e. The highest BCUT2D eigenvalue weighted by molar-refractivity contribution is 6.47. The van der Waals surface area contributed by atoms with Crippen LogP contribution in [0.5, 0.6) is 0 Å². The lowest BCUT2D eigenvalue weighted by molar-refractivity contribution is 1.35. The maximum atomic E-state index is 5.78. The second-order valence-electron chi connectivity index (χ2n) is 2.09. The Hall–Kier alpha value is 0.670. The van der Waals surface area contributed by atoms with Crippen molar-refractivity contribution in [3.63, 3.8) is 0 Å². The highest BCUT2D eigenvalue weighted by Gasteiger charge is 2.11. The van der Waals surface area contributed by atoms with E-state index in [0.717, 1.165) is 0 Å². The predicted octanol–water partition coefficient (Wildman–Crippen LogP) is 5.12. The summed E-state index contributed by atoms with van der Waals surface area (Å²) in [4.78, 5) is -0.688. The van der Waals surface area contributed by atoms with Crippen molar-refractivity contribution in [1.82, 2.24) is 0 Å². The normalized spacial score (nSPS) is 10.8. The molecule has 0 saturated heterocycles. The van der Waals surface area contributed by atoms with E-state index < -0.39 is 4.84 Å². The Bertz CT molecular complexity index is 294. The van der Waals surface area contributed by atoms with Crippen LogP contribution in [0.3, 0.4) is 0 Å². The first-order chi connectivity index (χ1) is 5.52.